The van der Waals surface area contributed by atoms with Crippen molar-refractivity contribution in [2.45, 2.75) is 392 Å². The number of esters is 1. The normalized spacial score (nSPS) is 13.8. The average molecular weight is 1320 g/mol. The molecule has 93 heavy (non-hydrogen) atoms. The number of hydrogen-bond donors (Lipinski definition) is 2. The number of nitrogens with one attached hydrogen (secondary N) is 1. The zero-order chi connectivity index (χ0) is 67.8. The van der Waals surface area contributed by atoms with Crippen molar-refractivity contribution in [1.29, 1.82) is 0 Å². The van der Waals surface area contributed by atoms with E-state index in [0.717, 1.165) is 109 Å². The predicted molar refractivity (Wildman–Crippen MR) is 406 cm³/mol. The molecule has 0 heterocycles. The van der Waals surface area contributed by atoms with Crippen molar-refractivity contribution < 1.29 is 37.3 Å². The van der Waals surface area contributed by atoms with Gasteiger partial charge >= 0.3 is 13.8 Å². The summed E-state index contributed by atoms with van der Waals surface area (Å²) in [5.74, 6) is -0.500. The fraction of sp³-hybridized carbons (Fsp3) is 0.807. The molecule has 0 aromatic rings. The van der Waals surface area contributed by atoms with Crippen molar-refractivity contribution in [3.8, 4) is 0 Å². The monoisotopic (exact) mass is 1320 g/mol. The second kappa shape index (κ2) is 71.9. The number of carbonyl (C=O) groups is 2. The Morgan fingerprint density at radius 1 is 0.387 bits per heavy atom. The molecule has 0 aromatic carbocycles. The first-order valence-corrected chi connectivity index (χ1v) is 41.4. The van der Waals surface area contributed by atoms with Gasteiger partial charge in [0.15, 0.2) is 0 Å². The summed E-state index contributed by atoms with van der Waals surface area (Å²) >= 11 is 0. The van der Waals surface area contributed by atoms with Gasteiger partial charge in [-0.3, -0.25) is 18.6 Å². The molecule has 0 saturated heterocycles. The number of likely N-dealkylation sites (N-methyl/N-ethyl adjacent to an activating group) is 1. The molecule has 1 amide bonds. The maximum Gasteiger partial charge on any atom is 0.472 e. The summed E-state index contributed by atoms with van der Waals surface area (Å²) in [6, 6.07) is -0.856. The molecule has 0 spiro atoms. The molecule has 0 aliphatic rings. The lowest BCUT2D eigenvalue weighted by Crippen LogP contribution is -2.47. The van der Waals surface area contributed by atoms with Gasteiger partial charge in [-0.25, -0.2) is 4.57 Å². The van der Waals surface area contributed by atoms with Crippen molar-refractivity contribution in [3.63, 3.8) is 0 Å². The smallest absolute Gasteiger partial charge is 0.456 e. The molecule has 0 aliphatic heterocycles. The molecule has 3 atom stereocenters. The largest absolute Gasteiger partial charge is 0.472 e. The number of ether oxygens (including phenoxy) is 1. The highest BCUT2D eigenvalue weighted by Gasteiger charge is 2.30. The molecule has 0 rings (SSSR count). The SMILES string of the molecule is CC/C=C\C/C=C\C/C=C\C/C=C\C/C=C\C/C=C\CCCCCCCCCCC(=O)OC(/C=C/CCCCCCCCCCCCC)C(COP(=O)(O)OCC[N+](C)(C)C)NC(=O)CCCCCCCCCCCCCCCCCCCCCCCCCCCCC. The molecule has 0 aromatic heterocycles. The highest BCUT2D eigenvalue weighted by molar-refractivity contribution is 7.47. The number of rotatable bonds is 73. The summed E-state index contributed by atoms with van der Waals surface area (Å²) in [5, 5.41) is 3.08. The van der Waals surface area contributed by atoms with E-state index in [1.165, 1.54) is 238 Å². The molecule has 0 saturated carbocycles. The Morgan fingerprint density at radius 2 is 0.688 bits per heavy atom. The van der Waals surface area contributed by atoms with E-state index in [9.17, 15) is 19.0 Å². The van der Waals surface area contributed by atoms with E-state index in [2.05, 4.69) is 99.0 Å². The molecule has 0 aliphatic carbocycles. The molecule has 2 N–H and O–H groups in total. The highest BCUT2D eigenvalue weighted by atomic mass is 31.2. The van der Waals surface area contributed by atoms with Crippen LogP contribution < -0.4 is 5.32 Å². The van der Waals surface area contributed by atoms with Crippen LogP contribution in [0.5, 0.6) is 0 Å². The zero-order valence-electron chi connectivity index (χ0n) is 62.2. The van der Waals surface area contributed by atoms with E-state index in [1.807, 2.05) is 33.3 Å². The molecule has 3 unspecified atom stereocenters. The quantitative estimate of drug-likeness (QED) is 0.0205. The van der Waals surface area contributed by atoms with E-state index in [-0.39, 0.29) is 31.5 Å². The van der Waals surface area contributed by atoms with E-state index >= 15 is 0 Å². The van der Waals surface area contributed by atoms with E-state index in [4.69, 9.17) is 13.8 Å². The van der Waals surface area contributed by atoms with Crippen molar-refractivity contribution in [2.75, 3.05) is 40.9 Å². The molecular weight excluding hydrogens is 1170 g/mol. The predicted octanol–water partition coefficient (Wildman–Crippen LogP) is 26.0. The van der Waals surface area contributed by atoms with Crippen LogP contribution in [0.2, 0.25) is 0 Å². The minimum absolute atomic E-state index is 0.0380. The number of allylic oxidation sites excluding steroid dienone is 13. The van der Waals surface area contributed by atoms with Crippen LogP contribution in [0.3, 0.4) is 0 Å². The average Bonchev–Trinajstić information content (AvgIpc) is 2.15. The molecular formula is C83H154N2O7P+. The summed E-state index contributed by atoms with van der Waals surface area (Å²) in [5.41, 5.74) is 0. The molecule has 10 heteroatoms. The second-order valence-electron chi connectivity index (χ2n) is 28.2. The number of nitrogens with zero attached hydrogens (tertiary/aromatic N) is 1. The van der Waals surface area contributed by atoms with Gasteiger partial charge in [0.25, 0.3) is 0 Å². The molecule has 9 nitrogen and oxygen atoms in total. The van der Waals surface area contributed by atoms with Gasteiger partial charge in [0, 0.05) is 12.8 Å². The minimum Gasteiger partial charge on any atom is -0.456 e. The zero-order valence-corrected chi connectivity index (χ0v) is 63.1. The number of phosphoric ester groups is 1. The van der Waals surface area contributed by atoms with E-state index in [1.54, 1.807) is 0 Å². The van der Waals surface area contributed by atoms with Crippen LogP contribution in [0.1, 0.15) is 380 Å². The maximum absolute atomic E-state index is 13.7. The third kappa shape index (κ3) is 73.3. The van der Waals surface area contributed by atoms with Crippen molar-refractivity contribution in [2.24, 2.45) is 0 Å². The van der Waals surface area contributed by atoms with E-state index in [0.29, 0.717) is 17.4 Å². The van der Waals surface area contributed by atoms with Crippen LogP contribution in [-0.4, -0.2) is 74.3 Å². The van der Waals surface area contributed by atoms with Gasteiger partial charge in [0.2, 0.25) is 5.91 Å². The van der Waals surface area contributed by atoms with Gasteiger partial charge in [-0.2, -0.15) is 0 Å². The van der Waals surface area contributed by atoms with Gasteiger partial charge in [-0.05, 0) is 83.1 Å². The first-order chi connectivity index (χ1) is 45.4. The van der Waals surface area contributed by atoms with Crippen molar-refractivity contribution >= 4 is 19.7 Å². The fourth-order valence-corrected chi connectivity index (χ4v) is 12.5. The second-order valence-corrected chi connectivity index (χ2v) is 29.7. The fourth-order valence-electron chi connectivity index (χ4n) is 11.8. The third-order valence-corrected chi connectivity index (χ3v) is 18.8. The highest BCUT2D eigenvalue weighted by Crippen LogP contribution is 2.43. The van der Waals surface area contributed by atoms with Crippen molar-refractivity contribution in [1.82, 2.24) is 5.32 Å². The Kier molecular flexibility index (Phi) is 69.8. The Balaban J connectivity index is 4.97. The van der Waals surface area contributed by atoms with Gasteiger partial charge < -0.3 is 19.4 Å². The number of unbranched alkanes of at least 4 members (excludes halogenated alkanes) is 45. The molecule has 0 bridgehead atoms. The van der Waals surface area contributed by atoms with Crippen molar-refractivity contribution in [3.05, 3.63) is 85.1 Å². The lowest BCUT2D eigenvalue weighted by molar-refractivity contribution is -0.870. The third-order valence-electron chi connectivity index (χ3n) is 17.8. The molecule has 0 fully saturated rings. The van der Waals surface area contributed by atoms with Crippen LogP contribution in [0, 0.1) is 0 Å². The standard InChI is InChI=1S/C83H153N2O7P/c1-7-10-13-16-19-22-25-28-30-32-34-36-38-40-42-44-46-48-50-52-54-57-60-63-66-69-72-75-82(86)84-80(79-91-93(88,89)90-78-77-85(4,5)6)81(74-71-68-65-62-59-56-27-24-21-18-15-12-9-3)92-83(87)76-73-70-67-64-61-58-55-53-51-49-47-45-43-41-39-37-35-33-31-29-26-23-20-17-14-11-8-2/h11,14,20,23,29,31,35,37,41,43,47,49,71,74,80-81H,7-10,12-13,15-19,21-22,24-28,30,32-34,36,38-40,42,44-46,48,50-70,72-73,75-79H2,1-6H3,(H-,84,86,88,89)/p+1/b14-11-,23-20-,31-29-,37-35-,43-41-,49-47-,74-71+. The lowest BCUT2D eigenvalue weighted by Gasteiger charge is -2.27. The summed E-state index contributed by atoms with van der Waals surface area (Å²) in [7, 11) is 1.50. The van der Waals surface area contributed by atoms with Gasteiger partial charge in [-0.1, -0.05) is 369 Å². The first kappa shape index (κ1) is 90.2. The van der Waals surface area contributed by atoms with Crippen LogP contribution in [0.25, 0.3) is 0 Å². The Bertz CT molecular complexity index is 1870. The Labute approximate surface area is 577 Å². The number of quaternary nitrogens is 1. The van der Waals surface area contributed by atoms with Crippen LogP contribution in [0.4, 0.5) is 0 Å². The van der Waals surface area contributed by atoms with Crippen LogP contribution >= 0.6 is 7.82 Å². The summed E-state index contributed by atoms with van der Waals surface area (Å²) in [6.45, 7) is 6.95. The molecule has 542 valence electrons. The lowest BCUT2D eigenvalue weighted by atomic mass is 10.0. The van der Waals surface area contributed by atoms with E-state index < -0.39 is 20.0 Å². The Hall–Kier alpha value is -2.81. The van der Waals surface area contributed by atoms with Gasteiger partial charge in [-0.15, -0.1) is 0 Å². The minimum atomic E-state index is -4.46. The number of amides is 1. The van der Waals surface area contributed by atoms with Crippen LogP contribution in [0.15, 0.2) is 85.1 Å². The summed E-state index contributed by atoms with van der Waals surface area (Å²) in [6.07, 6.45) is 97.6. The van der Waals surface area contributed by atoms with Crippen LogP contribution in [-0.2, 0) is 27.9 Å². The number of hydrogen-bond acceptors (Lipinski definition) is 6. The topological polar surface area (TPSA) is 111 Å². The maximum atomic E-state index is 13.7. The summed E-state index contributed by atoms with van der Waals surface area (Å²) < 4.78 is 30.9. The molecule has 0 radical (unpaired) electrons. The van der Waals surface area contributed by atoms with Gasteiger partial charge in [0.1, 0.15) is 19.3 Å². The first-order valence-electron chi connectivity index (χ1n) is 39.9. The summed E-state index contributed by atoms with van der Waals surface area (Å²) in [4.78, 5) is 38.1. The Morgan fingerprint density at radius 3 is 1.03 bits per heavy atom. The number of phosphoric acid groups is 1. The van der Waals surface area contributed by atoms with Gasteiger partial charge in [0.05, 0.1) is 33.8 Å². The number of carbonyl (C=O) groups excluding carboxylic acids is 2.